The number of rotatable bonds is 5. The minimum Gasteiger partial charge on any atom is -0.351 e. The first-order valence-electron chi connectivity index (χ1n) is 5.24. The summed E-state index contributed by atoms with van der Waals surface area (Å²) in [6.07, 6.45) is 3.58. The summed E-state index contributed by atoms with van der Waals surface area (Å²) in [5.74, 6) is 1.25. The molecule has 0 aromatic carbocycles. The lowest BCUT2D eigenvalue weighted by Crippen LogP contribution is -2.17. The Balaban J connectivity index is 2.46. The third kappa shape index (κ3) is 2.21. The van der Waals surface area contributed by atoms with Crippen LogP contribution in [-0.2, 0) is 4.84 Å². The summed E-state index contributed by atoms with van der Waals surface area (Å²) in [5, 5.41) is 5.56. The summed E-state index contributed by atoms with van der Waals surface area (Å²) in [5.41, 5.74) is 0.769. The molecule has 90 valence electrons. The van der Waals surface area contributed by atoms with Crippen LogP contribution in [0.5, 0.6) is 0 Å². The van der Waals surface area contributed by atoms with Gasteiger partial charge in [-0.3, -0.25) is 4.84 Å². The minimum absolute atomic E-state index is 0.541. The first kappa shape index (κ1) is 11.4. The molecular formula is C11H15N5O. The van der Waals surface area contributed by atoms with Gasteiger partial charge in [-0.2, -0.15) is 9.97 Å². The second-order valence-corrected chi connectivity index (χ2v) is 3.46. The van der Waals surface area contributed by atoms with Crippen LogP contribution < -0.4 is 10.4 Å². The van der Waals surface area contributed by atoms with Gasteiger partial charge in [0.1, 0.15) is 5.65 Å². The number of nitrogens with zero attached hydrogens (tertiary/aromatic N) is 3. The molecule has 0 fully saturated rings. The van der Waals surface area contributed by atoms with Gasteiger partial charge >= 0.3 is 0 Å². The van der Waals surface area contributed by atoms with Crippen LogP contribution in [0.4, 0.5) is 11.8 Å². The van der Waals surface area contributed by atoms with Crippen LogP contribution in [0.15, 0.2) is 24.9 Å². The minimum atomic E-state index is 0.541. The summed E-state index contributed by atoms with van der Waals surface area (Å²) < 4.78 is 0. The van der Waals surface area contributed by atoms with Crippen LogP contribution in [0.3, 0.4) is 0 Å². The van der Waals surface area contributed by atoms with E-state index in [9.17, 15) is 0 Å². The van der Waals surface area contributed by atoms with E-state index in [-0.39, 0.29) is 0 Å². The number of nitrogens with one attached hydrogen (secondary N) is 2. The predicted molar refractivity (Wildman–Crippen MR) is 68.0 cm³/mol. The summed E-state index contributed by atoms with van der Waals surface area (Å²) in [7, 11) is 3.39. The van der Waals surface area contributed by atoms with Gasteiger partial charge in [-0.25, -0.2) is 5.06 Å². The van der Waals surface area contributed by atoms with Gasteiger partial charge in [-0.15, -0.1) is 6.58 Å². The quantitative estimate of drug-likeness (QED) is 0.606. The predicted octanol–water partition coefficient (Wildman–Crippen LogP) is 1.55. The highest BCUT2D eigenvalue weighted by molar-refractivity contribution is 5.88. The Morgan fingerprint density at radius 1 is 1.59 bits per heavy atom. The zero-order valence-electron chi connectivity index (χ0n) is 9.90. The Bertz CT molecular complexity index is 522. The van der Waals surface area contributed by atoms with Gasteiger partial charge in [-0.1, -0.05) is 6.08 Å². The molecule has 0 amide bonds. The maximum Gasteiger partial charge on any atom is 0.226 e. The standard InChI is InChI=1S/C11H15N5O/c1-4-6-13-11-14-9-8(5-7-12-9)10(15-11)16(2)17-3/h4-5,7H,1,6H2,2-3H3,(H2,12,13,14,15). The molecule has 0 aliphatic carbocycles. The summed E-state index contributed by atoms with van der Waals surface area (Å²) in [6.45, 7) is 4.25. The highest BCUT2D eigenvalue weighted by Crippen LogP contribution is 2.23. The van der Waals surface area contributed by atoms with Gasteiger partial charge < -0.3 is 10.3 Å². The Kier molecular flexibility index (Phi) is 3.24. The van der Waals surface area contributed by atoms with Crippen molar-refractivity contribution < 1.29 is 4.84 Å². The van der Waals surface area contributed by atoms with Crippen LogP contribution in [0.25, 0.3) is 11.0 Å². The van der Waals surface area contributed by atoms with Crippen molar-refractivity contribution in [1.29, 1.82) is 0 Å². The third-order valence-corrected chi connectivity index (χ3v) is 2.37. The maximum atomic E-state index is 5.15. The lowest BCUT2D eigenvalue weighted by Gasteiger charge is -2.16. The van der Waals surface area contributed by atoms with Gasteiger partial charge in [0.05, 0.1) is 12.5 Å². The number of hydroxylamine groups is 1. The fourth-order valence-electron chi connectivity index (χ4n) is 1.49. The van der Waals surface area contributed by atoms with E-state index in [0.717, 1.165) is 11.0 Å². The second-order valence-electron chi connectivity index (χ2n) is 3.46. The van der Waals surface area contributed by atoms with Crippen molar-refractivity contribution in [3.8, 4) is 0 Å². The Labute approximate surface area is 99.3 Å². The molecule has 0 unspecified atom stereocenters. The van der Waals surface area contributed by atoms with E-state index < -0.39 is 0 Å². The van der Waals surface area contributed by atoms with E-state index in [1.807, 2.05) is 12.3 Å². The lowest BCUT2D eigenvalue weighted by atomic mass is 10.4. The Morgan fingerprint density at radius 3 is 3.12 bits per heavy atom. The molecule has 6 nitrogen and oxygen atoms in total. The molecule has 0 saturated carbocycles. The highest BCUT2D eigenvalue weighted by Gasteiger charge is 2.11. The number of aromatic amines is 1. The van der Waals surface area contributed by atoms with Crippen LogP contribution in [0, 0.1) is 0 Å². The lowest BCUT2D eigenvalue weighted by molar-refractivity contribution is 0.183. The summed E-state index contributed by atoms with van der Waals surface area (Å²) in [4.78, 5) is 16.9. The van der Waals surface area contributed by atoms with Crippen molar-refractivity contribution in [3.05, 3.63) is 24.9 Å². The fourth-order valence-corrected chi connectivity index (χ4v) is 1.49. The molecule has 2 aromatic heterocycles. The molecule has 0 aliphatic rings. The molecule has 0 bridgehead atoms. The van der Waals surface area contributed by atoms with Crippen molar-refractivity contribution in [3.63, 3.8) is 0 Å². The average molecular weight is 233 g/mol. The topological polar surface area (TPSA) is 66.1 Å². The maximum absolute atomic E-state index is 5.15. The van der Waals surface area contributed by atoms with Crippen molar-refractivity contribution in [1.82, 2.24) is 15.0 Å². The number of hydrogen-bond acceptors (Lipinski definition) is 5. The molecule has 0 spiro atoms. The van der Waals surface area contributed by atoms with Crippen molar-refractivity contribution in [2.45, 2.75) is 0 Å². The van der Waals surface area contributed by atoms with Gasteiger partial charge in [0.2, 0.25) is 5.95 Å². The first-order chi connectivity index (χ1) is 8.26. The Hall–Kier alpha value is -2.08. The number of anilines is 2. The first-order valence-corrected chi connectivity index (χ1v) is 5.24. The van der Waals surface area contributed by atoms with E-state index in [1.54, 1.807) is 25.3 Å². The van der Waals surface area contributed by atoms with E-state index in [4.69, 9.17) is 4.84 Å². The van der Waals surface area contributed by atoms with E-state index >= 15 is 0 Å². The zero-order chi connectivity index (χ0) is 12.3. The van der Waals surface area contributed by atoms with Crippen LogP contribution in [0.1, 0.15) is 0 Å². The van der Waals surface area contributed by atoms with E-state index in [2.05, 4.69) is 26.8 Å². The SMILES string of the molecule is C=CCNc1nc(N(C)OC)c2cc[nH]c2n1. The third-order valence-electron chi connectivity index (χ3n) is 2.37. The zero-order valence-corrected chi connectivity index (χ0v) is 9.90. The fraction of sp³-hybridized carbons (Fsp3) is 0.273. The molecule has 0 atom stereocenters. The van der Waals surface area contributed by atoms with Crippen molar-refractivity contribution in [2.75, 3.05) is 31.1 Å². The monoisotopic (exact) mass is 233 g/mol. The smallest absolute Gasteiger partial charge is 0.226 e. The largest absolute Gasteiger partial charge is 0.351 e. The highest BCUT2D eigenvalue weighted by atomic mass is 16.7. The summed E-state index contributed by atoms with van der Waals surface area (Å²) in [6, 6.07) is 1.91. The summed E-state index contributed by atoms with van der Waals surface area (Å²) >= 11 is 0. The molecular weight excluding hydrogens is 218 g/mol. The van der Waals surface area contributed by atoms with Gasteiger partial charge in [-0.05, 0) is 6.07 Å². The molecule has 2 aromatic rings. The number of fused-ring (bicyclic) bond motifs is 1. The normalized spacial score (nSPS) is 10.5. The molecule has 6 heteroatoms. The van der Waals surface area contributed by atoms with Crippen LogP contribution in [-0.4, -0.2) is 35.7 Å². The molecule has 2 rings (SSSR count). The van der Waals surface area contributed by atoms with Crippen molar-refractivity contribution >= 4 is 22.8 Å². The number of H-pyrrole nitrogens is 1. The van der Waals surface area contributed by atoms with Crippen molar-refractivity contribution in [2.24, 2.45) is 0 Å². The molecule has 2 N–H and O–H groups in total. The second kappa shape index (κ2) is 4.84. The molecule has 2 heterocycles. The van der Waals surface area contributed by atoms with Crippen LogP contribution in [0.2, 0.25) is 0 Å². The van der Waals surface area contributed by atoms with Gasteiger partial charge in [0.25, 0.3) is 0 Å². The molecule has 0 aliphatic heterocycles. The van der Waals surface area contributed by atoms with E-state index in [1.165, 1.54) is 0 Å². The Morgan fingerprint density at radius 2 is 2.41 bits per heavy atom. The van der Waals surface area contributed by atoms with Gasteiger partial charge in [0, 0.05) is 19.8 Å². The molecule has 17 heavy (non-hydrogen) atoms. The number of aromatic nitrogens is 3. The molecule has 0 saturated heterocycles. The molecule has 0 radical (unpaired) electrons. The average Bonchev–Trinajstić information content (AvgIpc) is 2.82. The van der Waals surface area contributed by atoms with Gasteiger partial charge in [0.15, 0.2) is 5.82 Å². The van der Waals surface area contributed by atoms with Crippen LogP contribution >= 0.6 is 0 Å². The number of hydrogen-bond donors (Lipinski definition) is 2. The van der Waals surface area contributed by atoms with E-state index in [0.29, 0.717) is 18.3 Å².